The number of benzene rings is 3. The second kappa shape index (κ2) is 11.0. The van der Waals surface area contributed by atoms with Crippen LogP contribution in [0.25, 0.3) is 11.3 Å². The van der Waals surface area contributed by atoms with Crippen LogP contribution < -0.4 is 5.32 Å². The van der Waals surface area contributed by atoms with Gasteiger partial charge in [-0.25, -0.2) is 13.4 Å². The molecule has 0 saturated carbocycles. The summed E-state index contributed by atoms with van der Waals surface area (Å²) in [7, 11) is -3.69. The van der Waals surface area contributed by atoms with Crippen molar-refractivity contribution in [2.24, 2.45) is 0 Å². The largest absolute Gasteiger partial charge is 0.298 e. The van der Waals surface area contributed by atoms with Gasteiger partial charge in [-0.05, 0) is 72.7 Å². The molecule has 0 radical (unpaired) electrons. The van der Waals surface area contributed by atoms with Gasteiger partial charge in [-0.1, -0.05) is 49.4 Å². The SMILES string of the molecule is CCN(Cc1ccccc1)S(=O)(=O)c1ccc(C(=O)Nc2nc(-c3ccc4c(c3)CCCC4)cs2)cc1. The lowest BCUT2D eigenvalue weighted by molar-refractivity contribution is 0.102. The number of fused-ring (bicyclic) bond motifs is 1. The molecule has 4 aromatic rings. The van der Waals surface area contributed by atoms with Gasteiger partial charge in [0.1, 0.15) is 0 Å². The molecule has 1 aliphatic carbocycles. The van der Waals surface area contributed by atoms with Crippen molar-refractivity contribution in [2.75, 3.05) is 11.9 Å². The molecule has 1 amide bonds. The van der Waals surface area contributed by atoms with E-state index < -0.39 is 10.0 Å². The summed E-state index contributed by atoms with van der Waals surface area (Å²) in [4.78, 5) is 17.6. The summed E-state index contributed by atoms with van der Waals surface area (Å²) in [5.41, 5.74) is 6.00. The van der Waals surface area contributed by atoms with Crippen LogP contribution >= 0.6 is 11.3 Å². The molecule has 190 valence electrons. The van der Waals surface area contributed by atoms with E-state index in [9.17, 15) is 13.2 Å². The van der Waals surface area contributed by atoms with E-state index in [0.717, 1.165) is 29.7 Å². The second-order valence-electron chi connectivity index (χ2n) is 9.12. The number of aromatic nitrogens is 1. The van der Waals surface area contributed by atoms with E-state index in [1.54, 1.807) is 0 Å². The minimum atomic E-state index is -3.69. The van der Waals surface area contributed by atoms with Gasteiger partial charge in [0, 0.05) is 29.6 Å². The molecule has 0 unspecified atom stereocenters. The van der Waals surface area contributed by atoms with Crippen LogP contribution in [0, 0.1) is 0 Å². The number of amides is 1. The van der Waals surface area contributed by atoms with Crippen LogP contribution in [0.4, 0.5) is 5.13 Å². The Morgan fingerprint density at radius 1 is 0.973 bits per heavy atom. The van der Waals surface area contributed by atoms with Crippen molar-refractivity contribution in [1.29, 1.82) is 0 Å². The first-order valence-corrected chi connectivity index (χ1v) is 14.8. The summed E-state index contributed by atoms with van der Waals surface area (Å²) in [5.74, 6) is -0.327. The number of aryl methyl sites for hydroxylation is 2. The average Bonchev–Trinajstić information content (AvgIpc) is 3.40. The first kappa shape index (κ1) is 25.3. The van der Waals surface area contributed by atoms with Gasteiger partial charge in [-0.15, -0.1) is 11.3 Å². The van der Waals surface area contributed by atoms with Crippen molar-refractivity contribution in [3.8, 4) is 11.3 Å². The maximum absolute atomic E-state index is 13.2. The van der Waals surface area contributed by atoms with Gasteiger partial charge in [-0.2, -0.15) is 4.31 Å². The maximum Gasteiger partial charge on any atom is 0.257 e. The van der Waals surface area contributed by atoms with E-state index in [2.05, 4.69) is 28.5 Å². The number of carbonyl (C=O) groups excluding carboxylic acids is 1. The molecule has 37 heavy (non-hydrogen) atoms. The third-order valence-electron chi connectivity index (χ3n) is 6.68. The Balaban J connectivity index is 1.26. The molecule has 1 heterocycles. The molecule has 0 aliphatic heterocycles. The second-order valence-corrected chi connectivity index (χ2v) is 11.9. The van der Waals surface area contributed by atoms with E-state index >= 15 is 0 Å². The Bertz CT molecular complexity index is 1500. The predicted molar refractivity (Wildman–Crippen MR) is 148 cm³/mol. The lowest BCUT2D eigenvalue weighted by atomic mass is 9.90. The number of carbonyl (C=O) groups is 1. The van der Waals surface area contributed by atoms with Crippen molar-refractivity contribution in [3.63, 3.8) is 0 Å². The number of anilines is 1. The highest BCUT2D eigenvalue weighted by atomic mass is 32.2. The Morgan fingerprint density at radius 3 is 2.43 bits per heavy atom. The summed E-state index contributed by atoms with van der Waals surface area (Å²) >= 11 is 1.37. The number of hydrogen-bond acceptors (Lipinski definition) is 5. The molecule has 8 heteroatoms. The normalized spacial score (nSPS) is 13.4. The number of hydrogen-bond donors (Lipinski definition) is 1. The minimum Gasteiger partial charge on any atom is -0.298 e. The van der Waals surface area contributed by atoms with E-state index in [1.807, 2.05) is 42.6 Å². The number of nitrogens with zero attached hydrogens (tertiary/aromatic N) is 2. The van der Waals surface area contributed by atoms with Crippen molar-refractivity contribution >= 4 is 32.4 Å². The molecule has 5 rings (SSSR count). The van der Waals surface area contributed by atoms with Crippen LogP contribution in [0.1, 0.15) is 46.8 Å². The molecule has 0 saturated heterocycles. The molecule has 0 spiro atoms. The fraction of sp³-hybridized carbons (Fsp3) is 0.241. The van der Waals surface area contributed by atoms with Crippen molar-refractivity contribution in [1.82, 2.24) is 9.29 Å². The zero-order chi connectivity index (χ0) is 25.8. The van der Waals surface area contributed by atoms with Crippen molar-refractivity contribution < 1.29 is 13.2 Å². The monoisotopic (exact) mass is 531 g/mol. The molecule has 0 bridgehead atoms. The van der Waals surface area contributed by atoms with E-state index in [4.69, 9.17) is 0 Å². The quantitative estimate of drug-likeness (QED) is 0.296. The van der Waals surface area contributed by atoms with Gasteiger partial charge < -0.3 is 0 Å². The summed E-state index contributed by atoms with van der Waals surface area (Å²) in [5, 5.41) is 5.30. The van der Waals surface area contributed by atoms with Gasteiger partial charge in [0.05, 0.1) is 10.6 Å². The van der Waals surface area contributed by atoms with Gasteiger partial charge in [0.15, 0.2) is 5.13 Å². The molecule has 1 aliphatic rings. The zero-order valence-corrected chi connectivity index (χ0v) is 22.3. The highest BCUT2D eigenvalue weighted by Gasteiger charge is 2.23. The zero-order valence-electron chi connectivity index (χ0n) is 20.7. The predicted octanol–water partition coefficient (Wildman–Crippen LogP) is 6.15. The van der Waals surface area contributed by atoms with Crippen molar-refractivity contribution in [2.45, 2.75) is 44.0 Å². The van der Waals surface area contributed by atoms with Gasteiger partial charge in [0.2, 0.25) is 10.0 Å². The van der Waals surface area contributed by atoms with E-state index in [1.165, 1.54) is 63.9 Å². The van der Waals surface area contributed by atoms with E-state index in [0.29, 0.717) is 23.8 Å². The molecule has 3 aromatic carbocycles. The first-order chi connectivity index (χ1) is 17.9. The molecular formula is C29H29N3O3S2. The highest BCUT2D eigenvalue weighted by Crippen LogP contribution is 2.30. The summed E-state index contributed by atoms with van der Waals surface area (Å²) in [6, 6.07) is 22.0. The van der Waals surface area contributed by atoms with Crippen LogP contribution in [-0.4, -0.2) is 30.2 Å². The van der Waals surface area contributed by atoms with Crippen LogP contribution in [0.3, 0.4) is 0 Å². The Labute approximate surface area is 222 Å². The Morgan fingerprint density at radius 2 is 1.70 bits per heavy atom. The van der Waals surface area contributed by atoms with Crippen molar-refractivity contribution in [3.05, 3.63) is 100 Å². The molecule has 6 nitrogen and oxygen atoms in total. The number of thiazole rings is 1. The summed E-state index contributed by atoms with van der Waals surface area (Å²) in [6.45, 7) is 2.45. The molecule has 1 N–H and O–H groups in total. The lowest BCUT2D eigenvalue weighted by Crippen LogP contribution is -2.30. The molecular weight excluding hydrogens is 502 g/mol. The topological polar surface area (TPSA) is 79.4 Å². The average molecular weight is 532 g/mol. The molecule has 0 atom stereocenters. The summed E-state index contributed by atoms with van der Waals surface area (Å²) < 4.78 is 27.8. The fourth-order valence-electron chi connectivity index (χ4n) is 4.61. The third-order valence-corrected chi connectivity index (χ3v) is 9.37. The first-order valence-electron chi connectivity index (χ1n) is 12.5. The number of rotatable bonds is 8. The highest BCUT2D eigenvalue weighted by molar-refractivity contribution is 7.89. The summed E-state index contributed by atoms with van der Waals surface area (Å²) in [6.07, 6.45) is 4.71. The fourth-order valence-corrected chi connectivity index (χ4v) is 6.76. The standard InChI is InChI=1S/C29H29N3O3S2/c1-2-32(19-21-8-4-3-5-9-21)37(34,35)26-16-14-23(15-17-26)28(33)31-29-30-27(20-36-29)25-13-12-22-10-6-7-11-24(22)18-25/h3-5,8-9,12-18,20H,2,6-7,10-11,19H2,1H3,(H,30,31,33). The van der Waals surface area contributed by atoms with E-state index in [-0.39, 0.29) is 10.8 Å². The lowest BCUT2D eigenvalue weighted by Gasteiger charge is -2.20. The number of sulfonamides is 1. The Kier molecular flexibility index (Phi) is 7.50. The van der Waals surface area contributed by atoms with Gasteiger partial charge in [0.25, 0.3) is 5.91 Å². The molecule has 1 aromatic heterocycles. The van der Waals surface area contributed by atoms with Crippen LogP contribution in [0.5, 0.6) is 0 Å². The Hall–Kier alpha value is -3.33. The maximum atomic E-state index is 13.2. The smallest absolute Gasteiger partial charge is 0.257 e. The minimum absolute atomic E-state index is 0.158. The third kappa shape index (κ3) is 5.66. The van der Waals surface area contributed by atoms with Crippen LogP contribution in [0.15, 0.2) is 83.1 Å². The van der Waals surface area contributed by atoms with Crippen LogP contribution in [0.2, 0.25) is 0 Å². The van der Waals surface area contributed by atoms with Gasteiger partial charge in [-0.3, -0.25) is 10.1 Å². The number of nitrogens with one attached hydrogen (secondary N) is 1. The molecule has 0 fully saturated rings. The van der Waals surface area contributed by atoms with Crippen LogP contribution in [-0.2, 0) is 29.4 Å². The van der Waals surface area contributed by atoms with Gasteiger partial charge >= 0.3 is 0 Å².